The first kappa shape index (κ1) is 18.7. The summed E-state index contributed by atoms with van der Waals surface area (Å²) in [6.45, 7) is 1.98. The SMILES string of the molecule is Cc1ccccc1Oc1cccc(S)c1NC(N)=NCc1ncccc1F.[HH].[HH]. The standard InChI is InChI=1S/C20H19FN4OS.2H2/c1-13-6-2-3-8-16(13)26-17-9-4-10-18(27)19(17)25-20(22)24-12-15-14(21)7-5-11-23-15;;/h2-11,27H,12H2,1H3,(H3,22,24,25);2*1H. The number of aliphatic imine (C=N–C) groups is 1. The van der Waals surface area contributed by atoms with Crippen molar-refractivity contribution in [1.82, 2.24) is 4.98 Å². The molecule has 3 N–H and O–H groups in total. The van der Waals surface area contributed by atoms with Gasteiger partial charge >= 0.3 is 0 Å². The van der Waals surface area contributed by atoms with Crippen molar-refractivity contribution in [3.63, 3.8) is 0 Å². The number of hydrogen-bond acceptors (Lipinski definition) is 4. The zero-order chi connectivity index (χ0) is 19.2. The zero-order valence-electron chi connectivity index (χ0n) is 14.7. The molecule has 2 aromatic carbocycles. The van der Waals surface area contributed by atoms with Crippen LogP contribution in [0, 0.1) is 12.7 Å². The van der Waals surface area contributed by atoms with E-state index >= 15 is 0 Å². The molecule has 0 fully saturated rings. The number of hydrogen-bond donors (Lipinski definition) is 3. The van der Waals surface area contributed by atoms with Gasteiger partial charge in [-0.1, -0.05) is 24.3 Å². The van der Waals surface area contributed by atoms with Gasteiger partial charge in [0.1, 0.15) is 11.6 Å². The number of halogens is 1. The molecule has 0 saturated carbocycles. The molecule has 27 heavy (non-hydrogen) atoms. The average Bonchev–Trinajstić information content (AvgIpc) is 2.66. The topological polar surface area (TPSA) is 72.5 Å². The number of benzene rings is 2. The number of guanidine groups is 1. The molecule has 0 aliphatic carbocycles. The lowest BCUT2D eigenvalue weighted by Crippen LogP contribution is -2.23. The monoisotopic (exact) mass is 386 g/mol. The quantitative estimate of drug-likeness (QED) is 0.327. The molecule has 3 rings (SSSR count). The van der Waals surface area contributed by atoms with Gasteiger partial charge in [0.05, 0.1) is 17.9 Å². The summed E-state index contributed by atoms with van der Waals surface area (Å²) >= 11 is 4.46. The van der Waals surface area contributed by atoms with E-state index in [1.807, 2.05) is 43.3 Å². The smallest absolute Gasteiger partial charge is 0.193 e. The van der Waals surface area contributed by atoms with E-state index in [4.69, 9.17) is 10.5 Å². The van der Waals surface area contributed by atoms with Gasteiger partial charge in [0.2, 0.25) is 0 Å². The van der Waals surface area contributed by atoms with Gasteiger partial charge < -0.3 is 15.8 Å². The van der Waals surface area contributed by atoms with E-state index in [0.717, 1.165) is 11.3 Å². The average molecular weight is 386 g/mol. The lowest BCUT2D eigenvalue weighted by atomic mass is 10.2. The Morgan fingerprint density at radius 1 is 1.19 bits per heavy atom. The highest BCUT2D eigenvalue weighted by atomic mass is 32.1. The first-order chi connectivity index (χ1) is 13.0. The first-order valence-corrected chi connectivity index (χ1v) is 8.71. The van der Waals surface area contributed by atoms with Gasteiger partial charge in [-0.25, -0.2) is 9.38 Å². The van der Waals surface area contributed by atoms with Crippen molar-refractivity contribution in [2.45, 2.75) is 18.4 Å². The minimum absolute atomic E-state index is 0. The van der Waals surface area contributed by atoms with Crippen molar-refractivity contribution in [2.75, 3.05) is 5.32 Å². The van der Waals surface area contributed by atoms with Crippen LogP contribution in [0.2, 0.25) is 0 Å². The number of ether oxygens (including phenoxy) is 1. The number of anilines is 1. The molecule has 1 heterocycles. The third kappa shape index (κ3) is 4.77. The highest BCUT2D eigenvalue weighted by Gasteiger charge is 2.11. The van der Waals surface area contributed by atoms with E-state index in [-0.39, 0.29) is 21.1 Å². The Kier molecular flexibility index (Phi) is 5.93. The minimum atomic E-state index is -0.424. The van der Waals surface area contributed by atoms with Crippen molar-refractivity contribution in [3.8, 4) is 11.5 Å². The number of aromatic nitrogens is 1. The van der Waals surface area contributed by atoms with Crippen LogP contribution < -0.4 is 15.8 Å². The summed E-state index contributed by atoms with van der Waals surface area (Å²) in [6, 6.07) is 16.0. The minimum Gasteiger partial charge on any atom is -0.455 e. The van der Waals surface area contributed by atoms with E-state index in [0.29, 0.717) is 16.3 Å². The summed E-state index contributed by atoms with van der Waals surface area (Å²) in [5.74, 6) is 0.966. The van der Waals surface area contributed by atoms with Gasteiger partial charge in [0.15, 0.2) is 11.7 Å². The van der Waals surface area contributed by atoms with E-state index < -0.39 is 5.82 Å². The van der Waals surface area contributed by atoms with Crippen molar-refractivity contribution >= 4 is 24.3 Å². The predicted octanol–water partition coefficient (Wildman–Crippen LogP) is 5.03. The lowest BCUT2D eigenvalue weighted by molar-refractivity contribution is 0.480. The number of nitrogens with zero attached hydrogens (tertiary/aromatic N) is 2. The summed E-state index contributed by atoms with van der Waals surface area (Å²) < 4.78 is 19.7. The molecule has 7 heteroatoms. The predicted molar refractivity (Wildman–Crippen MR) is 112 cm³/mol. The fourth-order valence-electron chi connectivity index (χ4n) is 2.38. The number of aryl methyl sites for hydroxylation is 1. The van der Waals surface area contributed by atoms with Gasteiger partial charge in [0, 0.05) is 13.9 Å². The molecule has 0 aliphatic rings. The summed E-state index contributed by atoms with van der Waals surface area (Å²) in [5.41, 5.74) is 7.76. The number of pyridine rings is 1. The van der Waals surface area contributed by atoms with Crippen LogP contribution in [0.4, 0.5) is 10.1 Å². The van der Waals surface area contributed by atoms with Gasteiger partial charge in [-0.15, -0.1) is 12.6 Å². The molecule has 0 unspecified atom stereocenters. The van der Waals surface area contributed by atoms with Crippen LogP contribution in [0.1, 0.15) is 14.1 Å². The second-order valence-electron chi connectivity index (χ2n) is 5.78. The highest BCUT2D eigenvalue weighted by molar-refractivity contribution is 7.80. The van der Waals surface area contributed by atoms with Crippen LogP contribution in [0.3, 0.4) is 0 Å². The number of nitrogens with two attached hydrogens (primary N) is 1. The van der Waals surface area contributed by atoms with Gasteiger partial charge in [-0.2, -0.15) is 0 Å². The van der Waals surface area contributed by atoms with Crippen molar-refractivity contribution in [3.05, 3.63) is 77.9 Å². The maximum Gasteiger partial charge on any atom is 0.193 e. The maximum atomic E-state index is 13.7. The molecular formula is C20H23FN4OS. The Balaban J connectivity index is 0.00000210. The van der Waals surface area contributed by atoms with Crippen molar-refractivity contribution in [1.29, 1.82) is 0 Å². The summed E-state index contributed by atoms with van der Waals surface area (Å²) in [7, 11) is 0. The second kappa shape index (κ2) is 8.55. The van der Waals surface area contributed by atoms with E-state index in [1.54, 1.807) is 6.07 Å². The third-order valence-electron chi connectivity index (χ3n) is 3.80. The molecule has 0 atom stereocenters. The summed E-state index contributed by atoms with van der Waals surface area (Å²) in [4.78, 5) is 8.74. The van der Waals surface area contributed by atoms with Crippen LogP contribution >= 0.6 is 12.6 Å². The molecule has 0 spiro atoms. The molecule has 0 amide bonds. The van der Waals surface area contributed by atoms with Crippen LogP contribution in [0.5, 0.6) is 11.5 Å². The van der Waals surface area contributed by atoms with Crippen LogP contribution in [-0.2, 0) is 6.54 Å². The molecule has 0 aliphatic heterocycles. The van der Waals surface area contributed by atoms with E-state index in [9.17, 15) is 4.39 Å². The number of para-hydroxylation sites is 2. The second-order valence-corrected chi connectivity index (χ2v) is 6.26. The van der Waals surface area contributed by atoms with E-state index in [1.165, 1.54) is 18.3 Å². The van der Waals surface area contributed by atoms with Crippen molar-refractivity contribution < 1.29 is 12.0 Å². The van der Waals surface area contributed by atoms with E-state index in [2.05, 4.69) is 27.9 Å². The number of rotatable bonds is 5. The van der Waals surface area contributed by atoms with Crippen LogP contribution in [0.25, 0.3) is 0 Å². The molecule has 1 aromatic heterocycles. The Labute approximate surface area is 165 Å². The molecule has 5 nitrogen and oxygen atoms in total. The fourth-order valence-corrected chi connectivity index (χ4v) is 2.63. The third-order valence-corrected chi connectivity index (χ3v) is 4.18. The largest absolute Gasteiger partial charge is 0.455 e. The molecule has 3 aromatic rings. The first-order valence-electron chi connectivity index (χ1n) is 8.26. The Morgan fingerprint density at radius 2 is 1.96 bits per heavy atom. The zero-order valence-corrected chi connectivity index (χ0v) is 15.6. The summed E-state index contributed by atoms with van der Waals surface area (Å²) in [6.07, 6.45) is 1.51. The maximum absolute atomic E-state index is 13.7. The fraction of sp³-hybridized carbons (Fsp3) is 0.100. The normalized spacial score (nSPS) is 11.3. The molecule has 0 bridgehead atoms. The van der Waals surface area contributed by atoms with Gasteiger partial charge in [-0.3, -0.25) is 4.98 Å². The number of thiol groups is 1. The lowest BCUT2D eigenvalue weighted by Gasteiger charge is -2.15. The van der Waals surface area contributed by atoms with Gasteiger partial charge in [0.25, 0.3) is 0 Å². The Bertz CT molecular complexity index is 988. The Hall–Kier alpha value is -3.06. The molecular weight excluding hydrogens is 363 g/mol. The van der Waals surface area contributed by atoms with Crippen LogP contribution in [0.15, 0.2) is 70.7 Å². The molecule has 0 radical (unpaired) electrons. The highest BCUT2D eigenvalue weighted by Crippen LogP contribution is 2.35. The molecule has 142 valence electrons. The Morgan fingerprint density at radius 3 is 2.74 bits per heavy atom. The van der Waals surface area contributed by atoms with Crippen LogP contribution in [-0.4, -0.2) is 10.9 Å². The molecule has 0 saturated heterocycles. The number of nitrogens with one attached hydrogen (secondary N) is 1. The van der Waals surface area contributed by atoms with Crippen molar-refractivity contribution in [2.24, 2.45) is 10.7 Å². The van der Waals surface area contributed by atoms with Gasteiger partial charge in [-0.05, 0) is 42.8 Å². The summed E-state index contributed by atoms with van der Waals surface area (Å²) in [5, 5.41) is 2.98.